The lowest BCUT2D eigenvalue weighted by Crippen LogP contribution is -1.97. The second-order valence-electron chi connectivity index (χ2n) is 4.22. The molecule has 2 aromatic rings. The first-order chi connectivity index (χ1) is 10.1. The maximum atomic E-state index is 13.3. The minimum Gasteiger partial charge on any atom is -0.494 e. The van der Waals surface area contributed by atoms with Gasteiger partial charge in [0.1, 0.15) is 5.75 Å². The molecule has 0 saturated heterocycles. The smallest absolute Gasteiger partial charge is 0.251 e. The van der Waals surface area contributed by atoms with Crippen molar-refractivity contribution in [3.05, 3.63) is 59.2 Å². The van der Waals surface area contributed by atoms with E-state index in [2.05, 4.69) is 16.8 Å². The molecule has 0 aliphatic carbocycles. The van der Waals surface area contributed by atoms with Gasteiger partial charge < -0.3 is 4.74 Å². The molecule has 0 saturated carbocycles. The molecule has 0 aliphatic heterocycles. The van der Waals surface area contributed by atoms with Crippen molar-refractivity contribution < 1.29 is 17.9 Å². The van der Waals surface area contributed by atoms with Crippen LogP contribution in [0.4, 0.5) is 13.2 Å². The van der Waals surface area contributed by atoms with Gasteiger partial charge in [0.25, 0.3) is 5.95 Å². The first-order valence-corrected chi connectivity index (χ1v) is 6.36. The summed E-state index contributed by atoms with van der Waals surface area (Å²) in [5.74, 6) is 1.95. The molecule has 0 radical (unpaired) electrons. The Hall–Kier alpha value is -2.48. The fourth-order valence-electron chi connectivity index (χ4n) is 1.53. The van der Waals surface area contributed by atoms with Gasteiger partial charge in [0.2, 0.25) is 5.95 Å². The van der Waals surface area contributed by atoms with E-state index in [9.17, 15) is 13.2 Å². The molecule has 108 valence electrons. The molecule has 5 heteroatoms. The van der Waals surface area contributed by atoms with Crippen LogP contribution in [-0.4, -0.2) is 11.6 Å². The molecule has 0 amide bonds. The molecule has 2 nitrogen and oxygen atoms in total. The molecule has 1 heterocycles. The van der Waals surface area contributed by atoms with Gasteiger partial charge in [-0.3, -0.25) is 0 Å². The zero-order valence-corrected chi connectivity index (χ0v) is 11.3. The minimum absolute atomic E-state index is 0.291. The van der Waals surface area contributed by atoms with Crippen molar-refractivity contribution in [3.63, 3.8) is 0 Å². The van der Waals surface area contributed by atoms with Gasteiger partial charge in [0.05, 0.1) is 12.2 Å². The van der Waals surface area contributed by atoms with Crippen molar-refractivity contribution in [2.75, 3.05) is 6.61 Å². The van der Waals surface area contributed by atoms with Crippen LogP contribution in [0.2, 0.25) is 0 Å². The highest BCUT2D eigenvalue weighted by Gasteiger charge is 2.09. The van der Waals surface area contributed by atoms with Crippen LogP contribution in [0.15, 0.2) is 30.3 Å². The number of pyridine rings is 1. The van der Waals surface area contributed by atoms with Crippen molar-refractivity contribution in [1.29, 1.82) is 0 Å². The van der Waals surface area contributed by atoms with Crippen molar-refractivity contribution in [2.24, 2.45) is 0 Å². The molecule has 0 spiro atoms. The fraction of sp³-hybridized carbons (Fsp3) is 0.188. The number of ether oxygens (including phenoxy) is 1. The van der Waals surface area contributed by atoms with Crippen LogP contribution in [-0.2, 0) is 0 Å². The third-order valence-corrected chi connectivity index (χ3v) is 2.56. The average molecular weight is 291 g/mol. The Balaban J connectivity index is 2.17. The van der Waals surface area contributed by atoms with E-state index in [1.807, 2.05) is 6.92 Å². The Labute approximate surface area is 120 Å². The van der Waals surface area contributed by atoms with Crippen LogP contribution in [0.3, 0.4) is 0 Å². The van der Waals surface area contributed by atoms with Crippen molar-refractivity contribution in [3.8, 4) is 17.6 Å². The number of hydrogen-bond donors (Lipinski definition) is 0. The van der Waals surface area contributed by atoms with E-state index in [-0.39, 0.29) is 5.56 Å². The summed E-state index contributed by atoms with van der Waals surface area (Å²) in [6, 6.07) is 7.55. The Morgan fingerprint density at radius 1 is 1.05 bits per heavy atom. The Bertz CT molecular complexity index is 687. The normalized spacial score (nSPS) is 9.90. The molecule has 2 rings (SSSR count). The number of halogens is 3. The van der Waals surface area contributed by atoms with E-state index in [0.29, 0.717) is 24.0 Å². The summed E-state index contributed by atoms with van der Waals surface area (Å²) in [6.45, 7) is 2.63. The summed E-state index contributed by atoms with van der Waals surface area (Å²) in [4.78, 5) is 2.80. The van der Waals surface area contributed by atoms with E-state index >= 15 is 0 Å². The minimum atomic E-state index is -1.48. The summed E-state index contributed by atoms with van der Waals surface area (Å²) < 4.78 is 44.4. The van der Waals surface area contributed by atoms with Gasteiger partial charge >= 0.3 is 0 Å². The molecule has 0 atom stereocenters. The summed E-state index contributed by atoms with van der Waals surface area (Å²) >= 11 is 0. The second kappa shape index (κ2) is 6.80. The number of nitrogens with zero attached hydrogens (tertiary/aromatic N) is 1. The lowest BCUT2D eigenvalue weighted by molar-refractivity contribution is 0.317. The summed E-state index contributed by atoms with van der Waals surface area (Å²) in [5.41, 5.74) is 0.309. The number of aromatic nitrogens is 1. The molecule has 1 aromatic carbocycles. The molecule has 0 aliphatic rings. The van der Waals surface area contributed by atoms with Gasteiger partial charge in [-0.05, 0) is 36.8 Å². The van der Waals surface area contributed by atoms with Gasteiger partial charge in [-0.2, -0.15) is 13.8 Å². The van der Waals surface area contributed by atoms with Gasteiger partial charge in [-0.25, -0.2) is 4.39 Å². The Morgan fingerprint density at radius 3 is 2.43 bits per heavy atom. The van der Waals surface area contributed by atoms with E-state index in [1.54, 1.807) is 24.3 Å². The Morgan fingerprint density at radius 2 is 1.76 bits per heavy atom. The van der Waals surface area contributed by atoms with Gasteiger partial charge in [0.15, 0.2) is 5.82 Å². The second-order valence-corrected chi connectivity index (χ2v) is 4.22. The third-order valence-electron chi connectivity index (χ3n) is 2.56. The number of hydrogen-bond acceptors (Lipinski definition) is 2. The summed E-state index contributed by atoms with van der Waals surface area (Å²) in [7, 11) is 0. The van der Waals surface area contributed by atoms with Gasteiger partial charge in [-0.15, -0.1) is 0 Å². The highest BCUT2D eigenvalue weighted by atomic mass is 19.2. The lowest BCUT2D eigenvalue weighted by Gasteiger charge is -2.03. The summed E-state index contributed by atoms with van der Waals surface area (Å²) in [6.07, 6.45) is 0.907. The van der Waals surface area contributed by atoms with Crippen molar-refractivity contribution in [1.82, 2.24) is 4.98 Å². The number of rotatable bonds is 3. The quantitative estimate of drug-likeness (QED) is 0.635. The maximum absolute atomic E-state index is 13.3. The summed E-state index contributed by atoms with van der Waals surface area (Å²) in [5, 5.41) is 0. The van der Waals surface area contributed by atoms with Crippen LogP contribution in [0.5, 0.6) is 5.75 Å². The van der Waals surface area contributed by atoms with Crippen LogP contribution in [0, 0.1) is 29.6 Å². The van der Waals surface area contributed by atoms with E-state index < -0.39 is 17.7 Å². The maximum Gasteiger partial charge on any atom is 0.251 e. The van der Waals surface area contributed by atoms with Crippen LogP contribution < -0.4 is 4.74 Å². The standard InChI is InChI=1S/C16H12F3NO/c1-2-9-21-13-7-4-11(5-8-13)3-6-12-10-14(17)16(19)20-15(12)18/h4-5,7-8,10H,2,9H2,1H3. The van der Waals surface area contributed by atoms with Crippen LogP contribution in [0.25, 0.3) is 0 Å². The molecule has 21 heavy (non-hydrogen) atoms. The zero-order valence-electron chi connectivity index (χ0n) is 11.3. The number of benzene rings is 1. The predicted molar refractivity (Wildman–Crippen MR) is 72.3 cm³/mol. The average Bonchev–Trinajstić information content (AvgIpc) is 2.48. The molecule has 0 N–H and O–H groups in total. The lowest BCUT2D eigenvalue weighted by atomic mass is 10.2. The SMILES string of the molecule is CCCOc1ccc(C#Cc2cc(F)c(F)nc2F)cc1. The monoisotopic (exact) mass is 291 g/mol. The molecule has 0 fully saturated rings. The highest BCUT2D eigenvalue weighted by molar-refractivity contribution is 5.44. The zero-order chi connectivity index (χ0) is 15.2. The van der Waals surface area contributed by atoms with Gasteiger partial charge in [-0.1, -0.05) is 18.8 Å². The molecular weight excluding hydrogens is 279 g/mol. The van der Waals surface area contributed by atoms with Gasteiger partial charge in [0, 0.05) is 5.56 Å². The predicted octanol–water partition coefficient (Wildman–Crippen LogP) is 3.69. The molecule has 0 unspecified atom stereocenters. The largest absolute Gasteiger partial charge is 0.494 e. The topological polar surface area (TPSA) is 22.1 Å². The first kappa shape index (κ1) is 14.9. The Kier molecular flexibility index (Phi) is 4.83. The van der Waals surface area contributed by atoms with Crippen LogP contribution in [0.1, 0.15) is 24.5 Å². The molecule has 0 bridgehead atoms. The highest BCUT2D eigenvalue weighted by Crippen LogP contribution is 2.13. The molecular formula is C16H12F3NO. The van der Waals surface area contributed by atoms with Crippen molar-refractivity contribution in [2.45, 2.75) is 13.3 Å². The first-order valence-electron chi connectivity index (χ1n) is 6.36. The van der Waals surface area contributed by atoms with E-state index in [1.165, 1.54) is 0 Å². The van der Waals surface area contributed by atoms with Crippen LogP contribution >= 0.6 is 0 Å². The van der Waals surface area contributed by atoms with E-state index in [0.717, 1.165) is 6.42 Å². The van der Waals surface area contributed by atoms with E-state index in [4.69, 9.17) is 4.74 Å². The fourth-order valence-corrected chi connectivity index (χ4v) is 1.53. The van der Waals surface area contributed by atoms with Crippen molar-refractivity contribution >= 4 is 0 Å². The third kappa shape index (κ3) is 3.99. The molecule has 1 aromatic heterocycles.